The van der Waals surface area contributed by atoms with Crippen LogP contribution in [0.1, 0.15) is 48.0 Å². The molecule has 0 bridgehead atoms. The van der Waals surface area contributed by atoms with Crippen LogP contribution in [0.2, 0.25) is 0 Å². The number of rotatable bonds is 4. The number of carbonyl (C=O) groups is 1. The van der Waals surface area contributed by atoms with E-state index in [2.05, 4.69) is 50.4 Å². The minimum absolute atomic E-state index is 0.102. The van der Waals surface area contributed by atoms with Crippen LogP contribution < -0.4 is 5.32 Å². The summed E-state index contributed by atoms with van der Waals surface area (Å²) in [5.41, 5.74) is 6.69. The van der Waals surface area contributed by atoms with Gasteiger partial charge in [-0.2, -0.15) is 0 Å². The summed E-state index contributed by atoms with van der Waals surface area (Å²) in [5, 5.41) is 4.10. The maximum absolute atomic E-state index is 13.4. The van der Waals surface area contributed by atoms with Gasteiger partial charge in [0, 0.05) is 17.5 Å². The van der Waals surface area contributed by atoms with Crippen molar-refractivity contribution in [3.63, 3.8) is 0 Å². The highest BCUT2D eigenvalue weighted by molar-refractivity contribution is 6.09. The average Bonchev–Trinajstić information content (AvgIpc) is 2.77. The molecule has 0 saturated carbocycles. The van der Waals surface area contributed by atoms with Crippen molar-refractivity contribution in [1.29, 1.82) is 0 Å². The SMILES string of the molecule is Cc1nc2ccccc2c(-c2ccccc2)c1C(=O)NCc1ccc(C(C)(C)C)cc1. The monoisotopic (exact) mass is 408 g/mol. The molecular weight excluding hydrogens is 380 g/mol. The van der Waals surface area contributed by atoms with Crippen LogP contribution in [0.4, 0.5) is 0 Å². The molecule has 0 aliphatic carbocycles. The van der Waals surface area contributed by atoms with Gasteiger partial charge in [0.05, 0.1) is 16.8 Å². The second kappa shape index (κ2) is 8.35. The number of fused-ring (bicyclic) bond motifs is 1. The molecule has 31 heavy (non-hydrogen) atoms. The Morgan fingerprint density at radius 1 is 0.871 bits per heavy atom. The molecule has 0 fully saturated rings. The Morgan fingerprint density at radius 3 is 2.19 bits per heavy atom. The van der Waals surface area contributed by atoms with Crippen LogP contribution in [0.3, 0.4) is 0 Å². The molecule has 1 aromatic heterocycles. The quantitative estimate of drug-likeness (QED) is 0.422. The van der Waals surface area contributed by atoms with E-state index in [1.165, 1.54) is 5.56 Å². The zero-order valence-corrected chi connectivity index (χ0v) is 18.6. The van der Waals surface area contributed by atoms with Crippen LogP contribution in [-0.4, -0.2) is 10.9 Å². The molecule has 0 aliphatic heterocycles. The highest BCUT2D eigenvalue weighted by atomic mass is 16.1. The lowest BCUT2D eigenvalue weighted by molar-refractivity contribution is 0.0950. The average molecular weight is 409 g/mol. The lowest BCUT2D eigenvalue weighted by Crippen LogP contribution is -2.25. The number of aryl methyl sites for hydroxylation is 1. The Morgan fingerprint density at radius 2 is 1.52 bits per heavy atom. The topological polar surface area (TPSA) is 42.0 Å². The van der Waals surface area contributed by atoms with E-state index >= 15 is 0 Å². The predicted molar refractivity (Wildman–Crippen MR) is 128 cm³/mol. The molecule has 4 aromatic rings. The third-order valence-corrected chi connectivity index (χ3v) is 5.64. The molecule has 1 N–H and O–H groups in total. The number of benzene rings is 3. The van der Waals surface area contributed by atoms with Crippen molar-refractivity contribution in [2.75, 3.05) is 0 Å². The summed E-state index contributed by atoms with van der Waals surface area (Å²) in [7, 11) is 0. The number of para-hydroxylation sites is 1. The second-order valence-corrected chi connectivity index (χ2v) is 8.96. The molecule has 3 aromatic carbocycles. The summed E-state index contributed by atoms with van der Waals surface area (Å²) in [6.45, 7) is 8.98. The molecule has 3 heteroatoms. The summed E-state index contributed by atoms with van der Waals surface area (Å²) in [6.07, 6.45) is 0. The van der Waals surface area contributed by atoms with E-state index in [0.717, 1.165) is 33.3 Å². The summed E-state index contributed by atoms with van der Waals surface area (Å²) in [6, 6.07) is 26.5. The predicted octanol–water partition coefficient (Wildman–Crippen LogP) is 6.44. The molecule has 0 saturated heterocycles. The summed E-state index contributed by atoms with van der Waals surface area (Å²) < 4.78 is 0. The Kier molecular flexibility index (Phi) is 5.60. The Hall–Kier alpha value is -3.46. The molecule has 0 radical (unpaired) electrons. The number of hydrogen-bond donors (Lipinski definition) is 1. The van der Waals surface area contributed by atoms with Crippen molar-refractivity contribution in [1.82, 2.24) is 10.3 Å². The molecule has 0 unspecified atom stereocenters. The zero-order valence-electron chi connectivity index (χ0n) is 18.6. The fraction of sp³-hybridized carbons (Fsp3) is 0.214. The number of amides is 1. The molecule has 156 valence electrons. The van der Waals surface area contributed by atoms with Gasteiger partial charge in [0.1, 0.15) is 0 Å². The van der Waals surface area contributed by atoms with Gasteiger partial charge in [0.2, 0.25) is 0 Å². The third kappa shape index (κ3) is 4.36. The molecule has 1 amide bonds. The fourth-order valence-electron chi connectivity index (χ4n) is 3.91. The standard InChI is InChI=1S/C28H28N2O/c1-19-25(27(31)29-18-20-14-16-22(17-15-20)28(2,3)4)26(21-10-6-5-7-11-21)23-12-8-9-13-24(23)30-19/h5-17H,18H2,1-4H3,(H,29,31). The highest BCUT2D eigenvalue weighted by Crippen LogP contribution is 2.33. The molecular formula is C28H28N2O. The minimum atomic E-state index is -0.102. The van der Waals surface area contributed by atoms with Crippen LogP contribution in [-0.2, 0) is 12.0 Å². The van der Waals surface area contributed by atoms with Crippen molar-refractivity contribution < 1.29 is 4.79 Å². The van der Waals surface area contributed by atoms with Gasteiger partial charge in [0.15, 0.2) is 0 Å². The molecule has 1 heterocycles. The van der Waals surface area contributed by atoms with Crippen LogP contribution in [0, 0.1) is 6.92 Å². The number of carbonyl (C=O) groups excluding carboxylic acids is 1. The van der Waals surface area contributed by atoms with E-state index in [-0.39, 0.29) is 11.3 Å². The molecule has 0 atom stereocenters. The van der Waals surface area contributed by atoms with Crippen LogP contribution in [0.25, 0.3) is 22.0 Å². The largest absolute Gasteiger partial charge is 0.348 e. The first-order valence-electron chi connectivity index (χ1n) is 10.7. The Balaban J connectivity index is 1.69. The summed E-state index contributed by atoms with van der Waals surface area (Å²) in [4.78, 5) is 18.1. The molecule has 4 rings (SSSR count). The maximum Gasteiger partial charge on any atom is 0.254 e. The van der Waals surface area contributed by atoms with Crippen molar-refractivity contribution in [3.05, 3.63) is 101 Å². The first kappa shape index (κ1) is 20.8. The van der Waals surface area contributed by atoms with Crippen molar-refractivity contribution in [2.24, 2.45) is 0 Å². The smallest absolute Gasteiger partial charge is 0.254 e. The van der Waals surface area contributed by atoms with E-state index in [4.69, 9.17) is 4.98 Å². The minimum Gasteiger partial charge on any atom is -0.348 e. The maximum atomic E-state index is 13.4. The zero-order chi connectivity index (χ0) is 22.0. The van der Waals surface area contributed by atoms with Gasteiger partial charge in [-0.3, -0.25) is 9.78 Å². The van der Waals surface area contributed by atoms with Crippen LogP contribution in [0.15, 0.2) is 78.9 Å². The van der Waals surface area contributed by atoms with Crippen molar-refractivity contribution in [2.45, 2.75) is 39.7 Å². The highest BCUT2D eigenvalue weighted by Gasteiger charge is 2.20. The Labute approximate surface area is 184 Å². The van der Waals surface area contributed by atoms with Crippen molar-refractivity contribution >= 4 is 16.8 Å². The van der Waals surface area contributed by atoms with Gasteiger partial charge in [-0.05, 0) is 35.1 Å². The van der Waals surface area contributed by atoms with Gasteiger partial charge < -0.3 is 5.32 Å². The summed E-state index contributed by atoms with van der Waals surface area (Å²) >= 11 is 0. The van der Waals surface area contributed by atoms with Gasteiger partial charge in [-0.25, -0.2) is 0 Å². The number of nitrogens with one attached hydrogen (secondary N) is 1. The normalized spacial score (nSPS) is 11.5. The number of pyridine rings is 1. The van der Waals surface area contributed by atoms with Crippen LogP contribution in [0.5, 0.6) is 0 Å². The van der Waals surface area contributed by atoms with Crippen molar-refractivity contribution in [3.8, 4) is 11.1 Å². The first-order chi connectivity index (χ1) is 14.8. The lowest BCUT2D eigenvalue weighted by atomic mass is 9.87. The fourth-order valence-corrected chi connectivity index (χ4v) is 3.91. The van der Waals surface area contributed by atoms with Gasteiger partial charge in [-0.15, -0.1) is 0 Å². The summed E-state index contributed by atoms with van der Waals surface area (Å²) in [5.74, 6) is -0.102. The van der Waals surface area contributed by atoms with E-state index < -0.39 is 0 Å². The Bertz CT molecular complexity index is 1220. The first-order valence-corrected chi connectivity index (χ1v) is 10.7. The molecule has 0 aliphatic rings. The number of hydrogen-bond acceptors (Lipinski definition) is 2. The van der Waals surface area contributed by atoms with Crippen LogP contribution >= 0.6 is 0 Å². The lowest BCUT2D eigenvalue weighted by Gasteiger charge is -2.19. The van der Waals surface area contributed by atoms with E-state index in [0.29, 0.717) is 12.1 Å². The molecule has 0 spiro atoms. The number of aromatic nitrogens is 1. The third-order valence-electron chi connectivity index (χ3n) is 5.64. The van der Waals surface area contributed by atoms with E-state index in [1.807, 2.05) is 61.5 Å². The van der Waals surface area contributed by atoms with E-state index in [9.17, 15) is 4.79 Å². The van der Waals surface area contributed by atoms with E-state index in [1.54, 1.807) is 0 Å². The second-order valence-electron chi connectivity index (χ2n) is 8.96. The van der Waals surface area contributed by atoms with Gasteiger partial charge in [0.25, 0.3) is 5.91 Å². The van der Waals surface area contributed by atoms with Gasteiger partial charge in [-0.1, -0.05) is 93.6 Å². The molecule has 3 nitrogen and oxygen atoms in total. The van der Waals surface area contributed by atoms with Gasteiger partial charge >= 0.3 is 0 Å². The number of nitrogens with zero attached hydrogens (tertiary/aromatic N) is 1.